The first-order valence-electron chi connectivity index (χ1n) is 5.58. The van der Waals surface area contributed by atoms with E-state index in [1.165, 1.54) is 0 Å². The molecule has 1 rings (SSSR count). The predicted molar refractivity (Wildman–Crippen MR) is 61.2 cm³/mol. The highest BCUT2D eigenvalue weighted by atomic mass is 16.4. The first-order chi connectivity index (χ1) is 7.88. The first-order valence-corrected chi connectivity index (χ1v) is 5.58. The van der Waals surface area contributed by atoms with Crippen LogP contribution in [0.25, 0.3) is 0 Å². The molecule has 0 saturated carbocycles. The summed E-state index contributed by atoms with van der Waals surface area (Å²) >= 11 is 0. The lowest BCUT2D eigenvalue weighted by Crippen LogP contribution is -2.62. The molecular weight excluding hydrogens is 227 g/mol. The van der Waals surface area contributed by atoms with Crippen molar-refractivity contribution in [3.8, 4) is 0 Å². The number of rotatable bonds is 6. The molecule has 1 unspecified atom stereocenters. The van der Waals surface area contributed by atoms with Crippen molar-refractivity contribution >= 4 is 13.1 Å². The van der Waals surface area contributed by atoms with Crippen LogP contribution in [0.15, 0.2) is 0 Å². The van der Waals surface area contributed by atoms with Gasteiger partial charge in [0.1, 0.15) is 5.54 Å². The Labute approximate surface area is 99.8 Å². The third-order valence-electron chi connectivity index (χ3n) is 3.62. The Morgan fingerprint density at radius 2 is 2.06 bits per heavy atom. The molecule has 0 aromatic carbocycles. The number of aliphatic carboxylic acids is 1. The lowest BCUT2D eigenvalue weighted by molar-refractivity contribution is -0.148. The third-order valence-corrected chi connectivity index (χ3v) is 3.62. The number of aliphatic hydroxyl groups is 1. The normalized spacial score (nSPS) is 32.7. The Bertz CT molecular complexity index is 291. The molecule has 1 saturated heterocycles. The third kappa shape index (κ3) is 2.61. The Balaban J connectivity index is 2.76. The molecule has 0 spiro atoms. The van der Waals surface area contributed by atoms with Crippen LogP contribution in [0.3, 0.4) is 0 Å². The summed E-state index contributed by atoms with van der Waals surface area (Å²) in [5.74, 6) is -1.15. The molecule has 2 atom stereocenters. The summed E-state index contributed by atoms with van der Waals surface area (Å²) in [6, 6.07) is 0. The van der Waals surface area contributed by atoms with Crippen molar-refractivity contribution in [2.24, 2.45) is 11.1 Å². The number of hydrogen-bond acceptors (Lipinski definition) is 6. The van der Waals surface area contributed by atoms with E-state index in [1.807, 2.05) is 0 Å². The molecule has 0 aromatic heterocycles. The highest BCUT2D eigenvalue weighted by Gasteiger charge is 2.57. The lowest BCUT2D eigenvalue weighted by atomic mass is 9.68. The minimum atomic E-state index is -1.51. The Hall–Kier alpha value is -0.665. The van der Waals surface area contributed by atoms with E-state index in [-0.39, 0.29) is 19.5 Å². The summed E-state index contributed by atoms with van der Waals surface area (Å²) in [7, 11) is -1.42. The molecule has 0 bridgehead atoms. The number of hydrogen-bond donors (Lipinski definition) is 6. The van der Waals surface area contributed by atoms with E-state index in [0.717, 1.165) is 0 Å². The van der Waals surface area contributed by atoms with Gasteiger partial charge in [-0.05, 0) is 12.7 Å². The van der Waals surface area contributed by atoms with Gasteiger partial charge in [-0.2, -0.15) is 0 Å². The van der Waals surface area contributed by atoms with Gasteiger partial charge in [0.2, 0.25) is 0 Å². The highest BCUT2D eigenvalue weighted by Crippen LogP contribution is 2.38. The van der Waals surface area contributed by atoms with Gasteiger partial charge in [0, 0.05) is 18.5 Å². The average Bonchev–Trinajstić information content (AvgIpc) is 2.58. The van der Waals surface area contributed by atoms with Gasteiger partial charge in [-0.25, -0.2) is 0 Å². The highest BCUT2D eigenvalue weighted by molar-refractivity contribution is 6.40. The van der Waals surface area contributed by atoms with Crippen molar-refractivity contribution in [2.75, 3.05) is 19.7 Å². The summed E-state index contributed by atoms with van der Waals surface area (Å²) in [5, 5.41) is 39.0. The van der Waals surface area contributed by atoms with Crippen molar-refractivity contribution in [3.63, 3.8) is 0 Å². The number of carboxylic acids is 1. The summed E-state index contributed by atoms with van der Waals surface area (Å²) in [6.45, 7) is 0.0721. The van der Waals surface area contributed by atoms with Crippen molar-refractivity contribution < 1.29 is 25.1 Å². The maximum absolute atomic E-state index is 11.2. The fraction of sp³-hybridized carbons (Fsp3) is 0.889. The Morgan fingerprint density at radius 3 is 2.53 bits per heavy atom. The fourth-order valence-electron chi connectivity index (χ4n) is 2.36. The molecule has 1 heterocycles. The summed E-state index contributed by atoms with van der Waals surface area (Å²) in [6.07, 6.45) is 0.862. The average molecular weight is 246 g/mol. The largest absolute Gasteiger partial charge is 0.480 e. The quantitative estimate of drug-likeness (QED) is 0.287. The van der Waals surface area contributed by atoms with Crippen LogP contribution >= 0.6 is 0 Å². The molecule has 98 valence electrons. The van der Waals surface area contributed by atoms with Gasteiger partial charge in [0.05, 0.1) is 6.61 Å². The predicted octanol–water partition coefficient (Wildman–Crippen LogP) is -2.40. The first kappa shape index (κ1) is 14.4. The van der Waals surface area contributed by atoms with E-state index in [1.54, 1.807) is 0 Å². The van der Waals surface area contributed by atoms with Gasteiger partial charge in [-0.15, -0.1) is 0 Å². The minimum Gasteiger partial charge on any atom is -0.480 e. The van der Waals surface area contributed by atoms with Crippen molar-refractivity contribution in [2.45, 2.75) is 24.7 Å². The van der Waals surface area contributed by atoms with Gasteiger partial charge >= 0.3 is 13.1 Å². The van der Waals surface area contributed by atoms with Gasteiger partial charge < -0.3 is 31.3 Å². The fourth-order valence-corrected chi connectivity index (χ4v) is 2.36. The van der Waals surface area contributed by atoms with Crippen LogP contribution in [0.4, 0.5) is 0 Å². The van der Waals surface area contributed by atoms with Crippen LogP contribution in [0.2, 0.25) is 6.32 Å². The van der Waals surface area contributed by atoms with Gasteiger partial charge in [0.25, 0.3) is 0 Å². The number of carboxylic acid groups (broad SMARTS) is 1. The molecule has 1 aliphatic rings. The summed E-state index contributed by atoms with van der Waals surface area (Å²) in [4.78, 5) is 11.2. The Kier molecular flexibility index (Phi) is 4.51. The van der Waals surface area contributed by atoms with Crippen LogP contribution in [-0.2, 0) is 4.79 Å². The molecule has 1 aliphatic heterocycles. The topological polar surface area (TPSA) is 136 Å². The van der Waals surface area contributed by atoms with Crippen molar-refractivity contribution in [1.29, 1.82) is 0 Å². The molecule has 1 fully saturated rings. The number of nitrogens with two attached hydrogens (primary N) is 1. The van der Waals surface area contributed by atoms with Gasteiger partial charge in [0.15, 0.2) is 0 Å². The molecule has 0 aromatic rings. The van der Waals surface area contributed by atoms with E-state index in [9.17, 15) is 15.0 Å². The SMILES string of the molecule is NC1(C(=O)O)CNC[C@@]1(CO)CCCB(O)O. The second kappa shape index (κ2) is 5.32. The summed E-state index contributed by atoms with van der Waals surface area (Å²) < 4.78 is 0. The van der Waals surface area contributed by atoms with Crippen LogP contribution in [-0.4, -0.2) is 58.6 Å². The molecule has 0 radical (unpaired) electrons. The monoisotopic (exact) mass is 246 g/mol. The molecule has 7 N–H and O–H groups in total. The summed E-state index contributed by atoms with van der Waals surface area (Å²) in [5.41, 5.74) is 3.40. The maximum Gasteiger partial charge on any atom is 0.451 e. The lowest BCUT2D eigenvalue weighted by Gasteiger charge is -2.38. The number of nitrogens with one attached hydrogen (secondary N) is 1. The zero-order chi connectivity index (χ0) is 13.1. The van der Waals surface area contributed by atoms with Crippen molar-refractivity contribution in [3.05, 3.63) is 0 Å². The van der Waals surface area contributed by atoms with E-state index in [2.05, 4.69) is 5.32 Å². The second-order valence-electron chi connectivity index (χ2n) is 4.69. The standard InChI is InChI=1S/C9H19BN2O5/c11-9(7(14)15)5-12-4-8(9,6-13)2-1-3-10(16)17/h12-13,16-17H,1-6,11H2,(H,14,15)/t8-,9?/m1/s1. The molecule has 7 nitrogen and oxygen atoms in total. The van der Waals surface area contributed by atoms with Crippen molar-refractivity contribution in [1.82, 2.24) is 5.32 Å². The number of aliphatic hydroxyl groups excluding tert-OH is 1. The Morgan fingerprint density at radius 1 is 1.41 bits per heavy atom. The van der Waals surface area contributed by atoms with Crippen LogP contribution in [0.5, 0.6) is 0 Å². The molecular formula is C9H19BN2O5. The molecule has 17 heavy (non-hydrogen) atoms. The van der Waals surface area contributed by atoms with Gasteiger partial charge in [-0.3, -0.25) is 4.79 Å². The molecule has 8 heteroatoms. The van der Waals surface area contributed by atoms with Crippen LogP contribution < -0.4 is 11.1 Å². The zero-order valence-electron chi connectivity index (χ0n) is 9.59. The zero-order valence-corrected chi connectivity index (χ0v) is 9.59. The van der Waals surface area contributed by atoms with E-state index in [0.29, 0.717) is 19.4 Å². The van der Waals surface area contributed by atoms with E-state index in [4.69, 9.17) is 15.8 Å². The number of carbonyl (C=O) groups is 1. The van der Waals surface area contributed by atoms with E-state index >= 15 is 0 Å². The molecule has 0 amide bonds. The maximum atomic E-state index is 11.2. The second-order valence-corrected chi connectivity index (χ2v) is 4.69. The smallest absolute Gasteiger partial charge is 0.451 e. The van der Waals surface area contributed by atoms with Gasteiger partial charge in [-0.1, -0.05) is 6.42 Å². The van der Waals surface area contributed by atoms with Crippen LogP contribution in [0.1, 0.15) is 12.8 Å². The van der Waals surface area contributed by atoms with Crippen LogP contribution in [0, 0.1) is 5.41 Å². The molecule has 0 aliphatic carbocycles. The minimum absolute atomic E-state index is 0.102. The van der Waals surface area contributed by atoms with E-state index < -0.39 is 24.0 Å².